The third kappa shape index (κ3) is 5.98. The fraction of sp³-hybridized carbons (Fsp3) is 0.474. The second-order valence-corrected chi connectivity index (χ2v) is 6.48. The largest absolute Gasteiger partial charge is 0.354 e. The van der Waals surface area contributed by atoms with Gasteiger partial charge in [-0.2, -0.15) is 5.10 Å². The van der Waals surface area contributed by atoms with Crippen LogP contribution in [0.3, 0.4) is 0 Å². The first-order valence-corrected chi connectivity index (χ1v) is 8.95. The maximum atomic E-state index is 12.2. The summed E-state index contributed by atoms with van der Waals surface area (Å²) < 4.78 is 0. The Morgan fingerprint density at radius 2 is 1.77 bits per heavy atom. The van der Waals surface area contributed by atoms with Crippen molar-refractivity contribution < 1.29 is 14.4 Å². The molecule has 2 N–H and O–H groups in total. The van der Waals surface area contributed by atoms with Gasteiger partial charge in [0.15, 0.2) is 0 Å². The van der Waals surface area contributed by atoms with E-state index >= 15 is 0 Å². The van der Waals surface area contributed by atoms with Crippen LogP contribution in [0.5, 0.6) is 0 Å². The number of nitrogens with one attached hydrogen (secondary N) is 2. The van der Waals surface area contributed by atoms with Gasteiger partial charge in [-0.05, 0) is 5.56 Å². The minimum atomic E-state index is -0.205. The zero-order valence-corrected chi connectivity index (χ0v) is 15.3. The molecule has 1 heterocycles. The van der Waals surface area contributed by atoms with Gasteiger partial charge in [-0.1, -0.05) is 44.2 Å². The molecule has 7 heteroatoms. The number of hydrogen-bond donors (Lipinski definition) is 2. The molecule has 7 nitrogen and oxygen atoms in total. The second-order valence-electron chi connectivity index (χ2n) is 6.48. The molecule has 3 amide bonds. The number of nitrogens with zero attached hydrogens (tertiary/aromatic N) is 2. The van der Waals surface area contributed by atoms with Crippen molar-refractivity contribution in [1.82, 2.24) is 15.6 Å². The average molecular weight is 358 g/mol. The molecule has 0 atom stereocenters. The summed E-state index contributed by atoms with van der Waals surface area (Å²) in [4.78, 5) is 35.4. The summed E-state index contributed by atoms with van der Waals surface area (Å²) >= 11 is 0. The molecular formula is C19H26N4O3. The lowest BCUT2D eigenvalue weighted by molar-refractivity contribution is -0.133. The lowest BCUT2D eigenvalue weighted by Crippen LogP contribution is -2.36. The average Bonchev–Trinajstić information content (AvgIpc) is 3.14. The predicted molar refractivity (Wildman–Crippen MR) is 99.4 cm³/mol. The molecule has 1 aliphatic rings. The summed E-state index contributed by atoms with van der Waals surface area (Å²) in [7, 11) is 0. The van der Waals surface area contributed by atoms with Crippen LogP contribution < -0.4 is 10.6 Å². The monoisotopic (exact) mass is 358 g/mol. The Bertz CT molecular complexity index is 671. The fourth-order valence-corrected chi connectivity index (χ4v) is 2.50. The predicted octanol–water partition coefficient (Wildman–Crippen LogP) is 1.29. The molecule has 1 aromatic rings. The van der Waals surface area contributed by atoms with Crippen molar-refractivity contribution in [2.75, 3.05) is 19.6 Å². The van der Waals surface area contributed by atoms with Gasteiger partial charge >= 0.3 is 0 Å². The van der Waals surface area contributed by atoms with Gasteiger partial charge in [-0.25, -0.2) is 5.01 Å². The SMILES string of the molecule is CC(C)C(=O)NCCNC(=O)CCC(=O)N1CCC(c2ccccc2)=N1. The quantitative estimate of drug-likeness (QED) is 0.686. The Hall–Kier alpha value is -2.70. The first-order chi connectivity index (χ1) is 12.5. The van der Waals surface area contributed by atoms with E-state index in [9.17, 15) is 14.4 Å². The van der Waals surface area contributed by atoms with Crippen molar-refractivity contribution >= 4 is 23.4 Å². The van der Waals surface area contributed by atoms with Crippen LogP contribution in [0.4, 0.5) is 0 Å². The van der Waals surface area contributed by atoms with Crippen molar-refractivity contribution in [1.29, 1.82) is 0 Å². The molecule has 1 aromatic carbocycles. The Morgan fingerprint density at radius 1 is 1.08 bits per heavy atom. The maximum absolute atomic E-state index is 12.2. The highest BCUT2D eigenvalue weighted by Gasteiger charge is 2.21. The molecule has 0 radical (unpaired) electrons. The third-order valence-corrected chi connectivity index (χ3v) is 4.03. The molecule has 0 spiro atoms. The van der Waals surface area contributed by atoms with Gasteiger partial charge in [0.25, 0.3) is 0 Å². The van der Waals surface area contributed by atoms with Gasteiger partial charge in [0.1, 0.15) is 0 Å². The van der Waals surface area contributed by atoms with Crippen molar-refractivity contribution in [3.05, 3.63) is 35.9 Å². The fourth-order valence-electron chi connectivity index (χ4n) is 2.50. The second kappa shape index (κ2) is 9.70. The van der Waals surface area contributed by atoms with Crippen LogP contribution in [0.1, 0.15) is 38.7 Å². The Morgan fingerprint density at radius 3 is 2.46 bits per heavy atom. The number of benzene rings is 1. The van der Waals surface area contributed by atoms with E-state index in [0.29, 0.717) is 19.6 Å². The van der Waals surface area contributed by atoms with Crippen LogP contribution in [0.15, 0.2) is 35.4 Å². The topological polar surface area (TPSA) is 90.9 Å². The molecule has 0 unspecified atom stereocenters. The Kier molecular flexibility index (Phi) is 7.32. The number of hydrogen-bond acceptors (Lipinski definition) is 4. The van der Waals surface area contributed by atoms with Crippen molar-refractivity contribution in [3.8, 4) is 0 Å². The maximum Gasteiger partial charge on any atom is 0.243 e. The number of rotatable bonds is 8. The van der Waals surface area contributed by atoms with E-state index in [1.54, 1.807) is 0 Å². The van der Waals surface area contributed by atoms with Gasteiger partial charge in [0.2, 0.25) is 17.7 Å². The summed E-state index contributed by atoms with van der Waals surface area (Å²) in [6.45, 7) is 4.90. The van der Waals surface area contributed by atoms with E-state index in [2.05, 4.69) is 15.7 Å². The minimum Gasteiger partial charge on any atom is -0.354 e. The van der Waals surface area contributed by atoms with Crippen LogP contribution in [0.2, 0.25) is 0 Å². The lowest BCUT2D eigenvalue weighted by atomic mass is 10.1. The van der Waals surface area contributed by atoms with Crippen LogP contribution >= 0.6 is 0 Å². The summed E-state index contributed by atoms with van der Waals surface area (Å²) in [6.07, 6.45) is 0.955. The van der Waals surface area contributed by atoms with Crippen LogP contribution in [-0.4, -0.2) is 48.1 Å². The Labute approximate surface area is 153 Å². The van der Waals surface area contributed by atoms with E-state index in [4.69, 9.17) is 0 Å². The number of carbonyl (C=O) groups is 3. The highest BCUT2D eigenvalue weighted by atomic mass is 16.2. The van der Waals surface area contributed by atoms with Gasteiger partial charge < -0.3 is 10.6 Å². The van der Waals surface area contributed by atoms with Gasteiger partial charge in [0.05, 0.1) is 12.3 Å². The zero-order chi connectivity index (χ0) is 18.9. The number of carbonyl (C=O) groups excluding carboxylic acids is 3. The van der Waals surface area contributed by atoms with E-state index in [0.717, 1.165) is 17.7 Å². The van der Waals surface area contributed by atoms with E-state index < -0.39 is 0 Å². The molecule has 140 valence electrons. The highest BCUT2D eigenvalue weighted by Crippen LogP contribution is 2.14. The molecular weight excluding hydrogens is 332 g/mol. The highest BCUT2D eigenvalue weighted by molar-refractivity contribution is 6.02. The van der Waals surface area contributed by atoms with Crippen molar-refractivity contribution in [2.24, 2.45) is 11.0 Å². The standard InChI is InChI=1S/C19H26N4O3/c1-14(2)19(26)21-12-11-20-17(24)8-9-18(25)23-13-10-16(22-23)15-6-4-3-5-7-15/h3-7,14H,8-13H2,1-2H3,(H,20,24)(H,21,26). The summed E-state index contributed by atoms with van der Waals surface area (Å²) in [5.74, 6) is -0.483. The van der Waals surface area contributed by atoms with Gasteiger partial charge in [0, 0.05) is 38.3 Å². The van der Waals surface area contributed by atoms with E-state index in [1.165, 1.54) is 5.01 Å². The van der Waals surface area contributed by atoms with E-state index in [1.807, 2.05) is 44.2 Å². The lowest BCUT2D eigenvalue weighted by Gasteiger charge is -2.11. The van der Waals surface area contributed by atoms with Crippen molar-refractivity contribution in [2.45, 2.75) is 33.1 Å². The number of amides is 3. The molecule has 0 bridgehead atoms. The Balaban J connectivity index is 1.68. The zero-order valence-electron chi connectivity index (χ0n) is 15.3. The molecule has 0 fully saturated rings. The third-order valence-electron chi connectivity index (χ3n) is 4.03. The number of hydrazone groups is 1. The minimum absolute atomic E-state index is 0.0458. The normalized spacial score (nSPS) is 13.5. The van der Waals surface area contributed by atoms with Gasteiger partial charge in [-0.15, -0.1) is 0 Å². The van der Waals surface area contributed by atoms with Crippen molar-refractivity contribution in [3.63, 3.8) is 0 Å². The summed E-state index contributed by atoms with van der Waals surface area (Å²) in [5.41, 5.74) is 1.91. The first-order valence-electron chi connectivity index (χ1n) is 8.95. The van der Waals surface area contributed by atoms with Crippen LogP contribution in [0, 0.1) is 5.92 Å². The van der Waals surface area contributed by atoms with Gasteiger partial charge in [-0.3, -0.25) is 14.4 Å². The molecule has 0 saturated carbocycles. The molecule has 0 saturated heterocycles. The summed E-state index contributed by atoms with van der Waals surface area (Å²) in [5, 5.41) is 11.2. The van der Waals surface area contributed by atoms with Crippen LogP contribution in [0.25, 0.3) is 0 Å². The molecule has 26 heavy (non-hydrogen) atoms. The molecule has 2 rings (SSSR count). The summed E-state index contributed by atoms with van der Waals surface area (Å²) in [6, 6.07) is 9.76. The molecule has 0 aliphatic carbocycles. The molecule has 0 aromatic heterocycles. The first kappa shape index (κ1) is 19.6. The smallest absolute Gasteiger partial charge is 0.243 e. The molecule has 1 aliphatic heterocycles. The van der Waals surface area contributed by atoms with Crippen LogP contribution in [-0.2, 0) is 14.4 Å². The van der Waals surface area contributed by atoms with E-state index in [-0.39, 0.29) is 36.5 Å².